The van der Waals surface area contributed by atoms with E-state index >= 15 is 0 Å². The molecule has 0 aliphatic heterocycles. The van der Waals surface area contributed by atoms with E-state index in [0.717, 1.165) is 30.1 Å². The summed E-state index contributed by atoms with van der Waals surface area (Å²) in [5.41, 5.74) is 3.46. The van der Waals surface area contributed by atoms with Crippen LogP contribution in [-0.2, 0) is 19.6 Å². The summed E-state index contributed by atoms with van der Waals surface area (Å²) in [4.78, 5) is 0. The van der Waals surface area contributed by atoms with Gasteiger partial charge in [-0.1, -0.05) is 37.6 Å². The molecule has 2 aromatic rings. The third-order valence-corrected chi connectivity index (χ3v) is 3.81. The van der Waals surface area contributed by atoms with Gasteiger partial charge in [-0.15, -0.1) is 0 Å². The van der Waals surface area contributed by atoms with Crippen molar-refractivity contribution in [2.45, 2.75) is 39.8 Å². The number of aliphatic hydroxyl groups excluding tert-OH is 1. The fourth-order valence-electron chi connectivity index (χ4n) is 2.33. The Balaban J connectivity index is 2.19. The lowest BCUT2D eigenvalue weighted by molar-refractivity contribution is 0.271. The van der Waals surface area contributed by atoms with Gasteiger partial charge in [-0.25, -0.2) is 0 Å². The molecule has 1 aromatic heterocycles. The largest absolute Gasteiger partial charge is 0.390 e. The van der Waals surface area contributed by atoms with E-state index in [0.29, 0.717) is 5.92 Å². The first kappa shape index (κ1) is 15.1. The molecule has 0 bridgehead atoms. The smallest absolute Gasteiger partial charge is 0.0833 e. The molecule has 1 aromatic carbocycles. The molecule has 0 radical (unpaired) electrons. The van der Waals surface area contributed by atoms with Gasteiger partial charge in [0.1, 0.15) is 0 Å². The van der Waals surface area contributed by atoms with Crippen LogP contribution in [-0.4, -0.2) is 9.67 Å². The van der Waals surface area contributed by atoms with E-state index in [1.807, 2.05) is 30.3 Å². The quantitative estimate of drug-likeness (QED) is 0.845. The van der Waals surface area contributed by atoms with Gasteiger partial charge >= 0.3 is 0 Å². The number of halogens is 1. The first-order valence-electron chi connectivity index (χ1n) is 7.12. The predicted octanol–water partition coefficient (Wildman–Crippen LogP) is 4.27. The number of benzene rings is 1. The number of hydrogen-bond donors (Lipinski definition) is 1. The summed E-state index contributed by atoms with van der Waals surface area (Å²) in [6.45, 7) is 5.33. The number of aromatic nitrogens is 1. The Labute approximate surface area is 126 Å². The van der Waals surface area contributed by atoms with Gasteiger partial charge in [0.2, 0.25) is 0 Å². The first-order valence-corrected chi connectivity index (χ1v) is 7.50. The van der Waals surface area contributed by atoms with E-state index in [9.17, 15) is 5.11 Å². The lowest BCUT2D eigenvalue weighted by Gasteiger charge is -2.14. The van der Waals surface area contributed by atoms with E-state index in [2.05, 4.69) is 24.5 Å². The summed E-state index contributed by atoms with van der Waals surface area (Å²) in [6.07, 6.45) is 2.21. The van der Waals surface area contributed by atoms with Crippen molar-refractivity contribution in [3.63, 3.8) is 0 Å². The van der Waals surface area contributed by atoms with Crippen LogP contribution < -0.4 is 0 Å². The summed E-state index contributed by atoms with van der Waals surface area (Å²) in [5, 5.41) is 10.2. The lowest BCUT2D eigenvalue weighted by Crippen LogP contribution is -2.09. The van der Waals surface area contributed by atoms with Gasteiger partial charge in [0, 0.05) is 23.0 Å². The van der Waals surface area contributed by atoms with Crippen LogP contribution in [0.25, 0.3) is 0 Å². The highest BCUT2D eigenvalue weighted by Gasteiger charge is 2.09. The Hall–Kier alpha value is -1.25. The fourth-order valence-corrected chi connectivity index (χ4v) is 2.45. The minimum atomic E-state index is 0.0786. The average Bonchev–Trinajstić information content (AvgIpc) is 2.81. The second-order valence-corrected chi connectivity index (χ2v) is 6.06. The standard InChI is InChI=1S/C17H22ClNO/c1-13(2)3-8-16-9-10-17(12-20)19(16)11-14-4-6-15(18)7-5-14/h4-7,9-10,13,20H,3,8,11-12H2,1-2H3. The van der Waals surface area contributed by atoms with Crippen LogP contribution in [0.2, 0.25) is 5.02 Å². The van der Waals surface area contributed by atoms with E-state index in [1.165, 1.54) is 11.3 Å². The van der Waals surface area contributed by atoms with Crippen LogP contribution in [0.5, 0.6) is 0 Å². The van der Waals surface area contributed by atoms with Gasteiger partial charge in [0.25, 0.3) is 0 Å². The normalized spacial score (nSPS) is 11.2. The molecule has 2 nitrogen and oxygen atoms in total. The maximum absolute atomic E-state index is 9.49. The summed E-state index contributed by atoms with van der Waals surface area (Å²) in [6, 6.07) is 12.0. The number of rotatable bonds is 6. The van der Waals surface area contributed by atoms with Gasteiger partial charge in [-0.2, -0.15) is 0 Å². The number of hydrogen-bond acceptors (Lipinski definition) is 1. The van der Waals surface area contributed by atoms with Crippen LogP contribution in [0, 0.1) is 5.92 Å². The fraction of sp³-hybridized carbons (Fsp3) is 0.412. The monoisotopic (exact) mass is 291 g/mol. The highest BCUT2D eigenvalue weighted by Crippen LogP contribution is 2.18. The Bertz CT molecular complexity index is 543. The van der Waals surface area contributed by atoms with Crippen molar-refractivity contribution in [3.05, 3.63) is 58.4 Å². The highest BCUT2D eigenvalue weighted by atomic mass is 35.5. The molecule has 20 heavy (non-hydrogen) atoms. The van der Waals surface area contributed by atoms with Crippen molar-refractivity contribution in [1.29, 1.82) is 0 Å². The molecule has 0 saturated carbocycles. The van der Waals surface area contributed by atoms with Gasteiger partial charge < -0.3 is 9.67 Å². The summed E-state index contributed by atoms with van der Waals surface area (Å²) < 4.78 is 2.21. The van der Waals surface area contributed by atoms with Crippen molar-refractivity contribution in [2.75, 3.05) is 0 Å². The van der Waals surface area contributed by atoms with E-state index in [1.54, 1.807) is 0 Å². The maximum Gasteiger partial charge on any atom is 0.0833 e. The molecule has 108 valence electrons. The molecule has 0 atom stereocenters. The van der Waals surface area contributed by atoms with E-state index < -0.39 is 0 Å². The SMILES string of the molecule is CC(C)CCc1ccc(CO)n1Cc1ccc(Cl)cc1. The van der Waals surface area contributed by atoms with Crippen molar-refractivity contribution in [3.8, 4) is 0 Å². The van der Waals surface area contributed by atoms with Crippen molar-refractivity contribution in [2.24, 2.45) is 5.92 Å². The molecular formula is C17H22ClNO. The van der Waals surface area contributed by atoms with Gasteiger partial charge in [-0.05, 0) is 48.6 Å². The molecule has 0 saturated heterocycles. The molecular weight excluding hydrogens is 270 g/mol. The Kier molecular flexibility index (Phi) is 5.27. The molecule has 2 rings (SSSR count). The maximum atomic E-state index is 9.49. The second kappa shape index (κ2) is 6.96. The predicted molar refractivity (Wildman–Crippen MR) is 84.1 cm³/mol. The molecule has 0 spiro atoms. The number of aliphatic hydroxyl groups is 1. The van der Waals surface area contributed by atoms with Crippen molar-refractivity contribution < 1.29 is 5.11 Å². The minimum absolute atomic E-state index is 0.0786. The first-order chi connectivity index (χ1) is 9.60. The number of aryl methyl sites for hydroxylation is 1. The summed E-state index contributed by atoms with van der Waals surface area (Å²) >= 11 is 5.92. The van der Waals surface area contributed by atoms with Gasteiger partial charge in [0.15, 0.2) is 0 Å². The van der Waals surface area contributed by atoms with Gasteiger partial charge in [0.05, 0.1) is 6.61 Å². The minimum Gasteiger partial charge on any atom is -0.390 e. The molecule has 0 aliphatic carbocycles. The van der Waals surface area contributed by atoms with Crippen LogP contribution in [0.4, 0.5) is 0 Å². The zero-order valence-corrected chi connectivity index (χ0v) is 12.9. The Morgan fingerprint density at radius 3 is 2.30 bits per heavy atom. The zero-order valence-electron chi connectivity index (χ0n) is 12.1. The molecule has 3 heteroatoms. The van der Waals surface area contributed by atoms with Crippen LogP contribution in [0.1, 0.15) is 37.2 Å². The van der Waals surface area contributed by atoms with Crippen LogP contribution in [0.3, 0.4) is 0 Å². The second-order valence-electron chi connectivity index (χ2n) is 5.62. The highest BCUT2D eigenvalue weighted by molar-refractivity contribution is 6.30. The van der Waals surface area contributed by atoms with Crippen molar-refractivity contribution >= 4 is 11.6 Å². The van der Waals surface area contributed by atoms with Crippen LogP contribution in [0.15, 0.2) is 36.4 Å². The molecule has 0 amide bonds. The summed E-state index contributed by atoms with van der Waals surface area (Å²) in [7, 11) is 0. The zero-order chi connectivity index (χ0) is 14.5. The third-order valence-electron chi connectivity index (χ3n) is 3.56. The van der Waals surface area contributed by atoms with Crippen LogP contribution >= 0.6 is 11.6 Å². The van der Waals surface area contributed by atoms with E-state index in [4.69, 9.17) is 11.6 Å². The molecule has 0 fully saturated rings. The summed E-state index contributed by atoms with van der Waals surface area (Å²) in [5.74, 6) is 0.687. The molecule has 0 aliphatic rings. The lowest BCUT2D eigenvalue weighted by atomic mass is 10.1. The van der Waals surface area contributed by atoms with Crippen molar-refractivity contribution in [1.82, 2.24) is 4.57 Å². The molecule has 1 heterocycles. The topological polar surface area (TPSA) is 25.2 Å². The van der Waals surface area contributed by atoms with Gasteiger partial charge in [-0.3, -0.25) is 0 Å². The average molecular weight is 292 g/mol. The van der Waals surface area contributed by atoms with E-state index in [-0.39, 0.29) is 6.61 Å². The molecule has 1 N–H and O–H groups in total. The molecule has 0 unspecified atom stereocenters. The Morgan fingerprint density at radius 1 is 1.05 bits per heavy atom. The Morgan fingerprint density at radius 2 is 1.70 bits per heavy atom. The number of nitrogens with zero attached hydrogens (tertiary/aromatic N) is 1. The third kappa shape index (κ3) is 3.87.